The molecule has 0 aliphatic heterocycles. The van der Waals surface area contributed by atoms with Gasteiger partial charge in [-0.25, -0.2) is 8.78 Å². The summed E-state index contributed by atoms with van der Waals surface area (Å²) in [6, 6.07) is 9.23. The number of amides is 1. The maximum absolute atomic E-state index is 14.5. The van der Waals surface area contributed by atoms with E-state index in [1.165, 1.54) is 25.1 Å². The average Bonchev–Trinajstić information content (AvgIpc) is 2.73. The Morgan fingerprint density at radius 2 is 1.45 bits per heavy atom. The lowest BCUT2D eigenvalue weighted by atomic mass is 9.89. The second kappa shape index (κ2) is 8.31. The molecule has 0 bridgehead atoms. The van der Waals surface area contributed by atoms with E-state index in [0.29, 0.717) is 12.1 Å². The average molecular weight is 475 g/mol. The number of alkyl halides is 7. The lowest BCUT2D eigenvalue weighted by molar-refractivity contribution is -0.348. The van der Waals surface area contributed by atoms with Crippen LogP contribution in [0, 0.1) is 12.7 Å². The number of hydrogen-bond acceptors (Lipinski definition) is 1. The molecule has 1 N–H and O–H groups in total. The van der Waals surface area contributed by atoms with E-state index in [2.05, 4.69) is 5.32 Å². The number of nitrogens with one attached hydrogen (secondary N) is 1. The number of fused-ring (bicyclic) bond motifs is 1. The first-order valence-electron chi connectivity index (χ1n) is 9.67. The molecule has 2 nitrogen and oxygen atoms in total. The van der Waals surface area contributed by atoms with E-state index in [-0.39, 0.29) is 39.6 Å². The van der Waals surface area contributed by atoms with Crippen LogP contribution in [-0.4, -0.2) is 18.3 Å². The van der Waals surface area contributed by atoms with E-state index in [1.54, 1.807) is 12.1 Å². The molecule has 33 heavy (non-hydrogen) atoms. The van der Waals surface area contributed by atoms with Gasteiger partial charge in [-0.05, 0) is 48.1 Å². The molecule has 0 heterocycles. The van der Waals surface area contributed by atoms with Crippen LogP contribution in [0.1, 0.15) is 34.0 Å². The normalized spacial score (nSPS) is 12.8. The molecule has 0 spiro atoms. The highest BCUT2D eigenvalue weighted by Crippen LogP contribution is 2.53. The van der Waals surface area contributed by atoms with Crippen molar-refractivity contribution >= 4 is 22.4 Å². The minimum Gasteiger partial charge on any atom is -0.321 e. The molecule has 1 amide bonds. The molecule has 0 aliphatic carbocycles. The lowest BCUT2D eigenvalue weighted by Gasteiger charge is -2.31. The monoisotopic (exact) mass is 475 g/mol. The highest BCUT2D eigenvalue weighted by atomic mass is 19.4. The zero-order chi connectivity index (χ0) is 24.8. The molecule has 0 saturated carbocycles. The van der Waals surface area contributed by atoms with Crippen LogP contribution in [-0.2, 0) is 12.1 Å². The Labute approximate surface area is 183 Å². The van der Waals surface area contributed by atoms with Crippen molar-refractivity contribution in [3.63, 3.8) is 0 Å². The predicted molar refractivity (Wildman–Crippen MR) is 107 cm³/mol. The Morgan fingerprint density at radius 3 is 2.00 bits per heavy atom. The molecule has 0 aliphatic rings. The van der Waals surface area contributed by atoms with Crippen LogP contribution in [0.25, 0.3) is 10.8 Å². The van der Waals surface area contributed by atoms with Gasteiger partial charge in [0.2, 0.25) is 0 Å². The smallest absolute Gasteiger partial charge is 0.321 e. The van der Waals surface area contributed by atoms with Gasteiger partial charge in [0.1, 0.15) is 5.82 Å². The molecule has 176 valence electrons. The lowest BCUT2D eigenvalue weighted by Crippen LogP contribution is -2.50. The highest BCUT2D eigenvalue weighted by molar-refractivity contribution is 6.13. The van der Waals surface area contributed by atoms with Gasteiger partial charge < -0.3 is 5.32 Å². The van der Waals surface area contributed by atoms with Gasteiger partial charge in [0.25, 0.3) is 5.91 Å². The van der Waals surface area contributed by atoms with Gasteiger partial charge in [0.15, 0.2) is 0 Å². The molecule has 0 radical (unpaired) electrons. The fourth-order valence-electron chi connectivity index (χ4n) is 3.65. The van der Waals surface area contributed by atoms with Crippen LogP contribution in [0.4, 0.5) is 40.8 Å². The van der Waals surface area contributed by atoms with E-state index < -0.39 is 35.3 Å². The molecule has 0 saturated heterocycles. The van der Waals surface area contributed by atoms with E-state index >= 15 is 0 Å². The first-order chi connectivity index (χ1) is 15.2. The number of rotatable bonds is 4. The standard InChI is InChI=1S/C23H17F8NO/c1-3-13-11-14(21(25,22(26,27)28)23(29,30)31)10-12(2)19(13)32-20(33)17-8-9-18(24)16-7-5-4-6-15(16)17/h4-11H,3H2,1-2H3,(H,32,33). The zero-order valence-electron chi connectivity index (χ0n) is 17.3. The van der Waals surface area contributed by atoms with Gasteiger partial charge in [0.05, 0.1) is 0 Å². The first kappa shape index (κ1) is 24.5. The molecule has 0 fully saturated rings. The highest BCUT2D eigenvalue weighted by Gasteiger charge is 2.73. The predicted octanol–water partition coefficient (Wildman–Crippen LogP) is 7.39. The number of hydrogen-bond donors (Lipinski definition) is 1. The van der Waals surface area contributed by atoms with Gasteiger partial charge in [-0.15, -0.1) is 0 Å². The van der Waals surface area contributed by atoms with Gasteiger partial charge in [0, 0.05) is 22.2 Å². The quantitative estimate of drug-likeness (QED) is 0.392. The fourth-order valence-corrected chi connectivity index (χ4v) is 3.65. The first-order valence-corrected chi connectivity index (χ1v) is 9.67. The number of halogens is 8. The van der Waals surface area contributed by atoms with Gasteiger partial charge in [-0.1, -0.05) is 37.3 Å². The number of carbonyl (C=O) groups is 1. The molecule has 0 unspecified atom stereocenters. The topological polar surface area (TPSA) is 29.1 Å². The molecule has 0 atom stereocenters. The summed E-state index contributed by atoms with van der Waals surface area (Å²) in [5, 5.41) is 2.89. The SMILES string of the molecule is CCc1cc(C(F)(C(F)(F)F)C(F)(F)F)cc(C)c1NC(=O)c1ccc(F)c2ccccc12. The van der Waals surface area contributed by atoms with Crippen LogP contribution >= 0.6 is 0 Å². The molecule has 10 heteroatoms. The molecular weight excluding hydrogens is 458 g/mol. The molecule has 3 aromatic rings. The van der Waals surface area contributed by atoms with Crippen molar-refractivity contribution in [1.82, 2.24) is 0 Å². The zero-order valence-corrected chi connectivity index (χ0v) is 17.3. The third-order valence-electron chi connectivity index (χ3n) is 5.33. The summed E-state index contributed by atoms with van der Waals surface area (Å²) in [6.45, 7) is 2.59. The fraction of sp³-hybridized carbons (Fsp3) is 0.261. The third-order valence-corrected chi connectivity index (χ3v) is 5.33. The van der Waals surface area contributed by atoms with Crippen molar-refractivity contribution in [1.29, 1.82) is 0 Å². The molecule has 0 aromatic heterocycles. The van der Waals surface area contributed by atoms with E-state index in [4.69, 9.17) is 0 Å². The third kappa shape index (κ3) is 4.14. The number of benzene rings is 3. The maximum Gasteiger partial charge on any atom is 0.435 e. The largest absolute Gasteiger partial charge is 0.435 e. The minimum atomic E-state index is -6.25. The van der Waals surface area contributed by atoms with E-state index in [0.717, 1.165) is 13.0 Å². The maximum atomic E-state index is 14.5. The van der Waals surface area contributed by atoms with Gasteiger partial charge >= 0.3 is 18.0 Å². The number of anilines is 1. The Morgan fingerprint density at radius 1 is 0.879 bits per heavy atom. The summed E-state index contributed by atoms with van der Waals surface area (Å²) in [4.78, 5) is 12.9. The van der Waals surface area contributed by atoms with Gasteiger partial charge in [-0.2, -0.15) is 26.3 Å². The summed E-state index contributed by atoms with van der Waals surface area (Å²) in [7, 11) is 0. The van der Waals surface area contributed by atoms with Crippen molar-refractivity contribution in [2.75, 3.05) is 5.32 Å². The summed E-state index contributed by atoms with van der Waals surface area (Å²) in [5.74, 6) is -1.33. The Balaban J connectivity index is 2.10. The summed E-state index contributed by atoms with van der Waals surface area (Å²) in [5.41, 5.74) is -7.53. The van der Waals surface area contributed by atoms with E-state index in [9.17, 15) is 39.9 Å². The van der Waals surface area contributed by atoms with Crippen LogP contribution in [0.5, 0.6) is 0 Å². The summed E-state index contributed by atoms with van der Waals surface area (Å²) >= 11 is 0. The van der Waals surface area contributed by atoms with Crippen molar-refractivity contribution in [3.8, 4) is 0 Å². The number of carbonyl (C=O) groups excluding carboxylic acids is 1. The van der Waals surface area contributed by atoms with Crippen LogP contribution in [0.15, 0.2) is 48.5 Å². The van der Waals surface area contributed by atoms with Crippen molar-refractivity contribution in [3.05, 3.63) is 76.6 Å². The van der Waals surface area contributed by atoms with Crippen LogP contribution < -0.4 is 5.32 Å². The minimum absolute atomic E-state index is 0.0444. The van der Waals surface area contributed by atoms with Crippen molar-refractivity contribution in [2.24, 2.45) is 0 Å². The number of aryl methyl sites for hydroxylation is 2. The molecule has 3 aromatic carbocycles. The summed E-state index contributed by atoms with van der Waals surface area (Å²) in [6.07, 6.45) is -12.6. The van der Waals surface area contributed by atoms with Crippen molar-refractivity contribution in [2.45, 2.75) is 38.3 Å². The molecular formula is C23H17F8NO. The van der Waals surface area contributed by atoms with Gasteiger partial charge in [-0.3, -0.25) is 4.79 Å². The van der Waals surface area contributed by atoms with Crippen molar-refractivity contribution < 1.29 is 39.9 Å². The molecule has 3 rings (SSSR count). The Bertz CT molecular complexity index is 1200. The Kier molecular flexibility index (Phi) is 6.16. The van der Waals surface area contributed by atoms with Crippen LogP contribution in [0.2, 0.25) is 0 Å². The second-order valence-electron chi connectivity index (χ2n) is 7.43. The Hall–Kier alpha value is -3.17. The van der Waals surface area contributed by atoms with Crippen LogP contribution in [0.3, 0.4) is 0 Å². The summed E-state index contributed by atoms with van der Waals surface area (Å²) < 4.78 is 108. The van der Waals surface area contributed by atoms with E-state index in [1.807, 2.05) is 0 Å². The second-order valence-corrected chi connectivity index (χ2v) is 7.43.